The first-order valence-corrected chi connectivity index (χ1v) is 9.55. The van der Waals surface area contributed by atoms with E-state index in [2.05, 4.69) is 5.43 Å². The molecule has 3 aromatic rings. The van der Waals surface area contributed by atoms with Gasteiger partial charge in [-0.05, 0) is 26.3 Å². The summed E-state index contributed by atoms with van der Waals surface area (Å²) in [4.78, 5) is 25.1. The van der Waals surface area contributed by atoms with Crippen LogP contribution in [-0.2, 0) is 9.47 Å². The Balaban J connectivity index is 2.33. The highest BCUT2D eigenvalue weighted by Crippen LogP contribution is 2.39. The van der Waals surface area contributed by atoms with E-state index in [0.29, 0.717) is 22.5 Å². The minimum atomic E-state index is -0.599. The summed E-state index contributed by atoms with van der Waals surface area (Å²) in [6, 6.07) is 19.2. The van der Waals surface area contributed by atoms with Crippen LogP contribution in [0.15, 0.2) is 60.7 Å². The largest absolute Gasteiger partial charge is 0.462 e. The molecule has 0 saturated carbocycles. The Morgan fingerprint density at radius 1 is 0.862 bits per heavy atom. The highest BCUT2D eigenvalue weighted by molar-refractivity contribution is 6.04. The van der Waals surface area contributed by atoms with Gasteiger partial charge >= 0.3 is 12.1 Å². The first-order valence-electron chi connectivity index (χ1n) is 9.55. The first-order chi connectivity index (χ1) is 14.1. The highest BCUT2D eigenvalue weighted by Gasteiger charge is 2.28. The number of carbonyl (C=O) groups excluding carboxylic acids is 2. The van der Waals surface area contributed by atoms with E-state index in [9.17, 15) is 9.59 Å². The molecule has 1 aromatic heterocycles. The highest BCUT2D eigenvalue weighted by atomic mass is 16.6. The number of hydrogen-bond acceptors (Lipinski definition) is 4. The van der Waals surface area contributed by atoms with Crippen molar-refractivity contribution in [2.45, 2.75) is 20.8 Å². The van der Waals surface area contributed by atoms with E-state index in [4.69, 9.17) is 9.47 Å². The van der Waals surface area contributed by atoms with Crippen molar-refractivity contribution in [1.82, 2.24) is 4.68 Å². The number of ether oxygens (including phenoxy) is 2. The van der Waals surface area contributed by atoms with Gasteiger partial charge in [0.15, 0.2) is 0 Å². The molecule has 0 radical (unpaired) electrons. The van der Waals surface area contributed by atoms with Crippen LogP contribution in [0.4, 0.5) is 4.79 Å². The van der Waals surface area contributed by atoms with Crippen molar-refractivity contribution < 1.29 is 19.1 Å². The first kappa shape index (κ1) is 20.2. The van der Waals surface area contributed by atoms with Gasteiger partial charge in [-0.1, -0.05) is 60.7 Å². The molecule has 1 N–H and O–H groups in total. The van der Waals surface area contributed by atoms with Crippen LogP contribution in [0.5, 0.6) is 0 Å². The molecule has 6 heteroatoms. The summed E-state index contributed by atoms with van der Waals surface area (Å²) < 4.78 is 12.0. The molecule has 0 bridgehead atoms. The SMILES string of the molecule is CCOC(=O)Nn1c(C)c(C(=O)OCC)c(-c2ccccc2)c1-c1ccccc1. The fourth-order valence-corrected chi connectivity index (χ4v) is 3.29. The van der Waals surface area contributed by atoms with Crippen LogP contribution in [0.1, 0.15) is 29.9 Å². The maximum atomic E-state index is 12.9. The fraction of sp³-hybridized carbons (Fsp3) is 0.217. The number of benzene rings is 2. The summed E-state index contributed by atoms with van der Waals surface area (Å²) in [6.45, 7) is 5.77. The zero-order chi connectivity index (χ0) is 20.8. The molecule has 1 amide bonds. The molecule has 1 heterocycles. The standard InChI is InChI=1S/C23H24N2O4/c1-4-28-22(26)19-16(3)25(24-23(27)29-5-2)21(18-14-10-7-11-15-18)20(19)17-12-8-6-9-13-17/h6-15H,4-5H2,1-3H3,(H,24,27). The summed E-state index contributed by atoms with van der Waals surface area (Å²) >= 11 is 0. The predicted octanol–water partition coefficient (Wildman–Crippen LogP) is 5.01. The Morgan fingerprint density at radius 3 is 1.97 bits per heavy atom. The fourth-order valence-electron chi connectivity index (χ4n) is 3.29. The lowest BCUT2D eigenvalue weighted by molar-refractivity contribution is 0.0526. The topological polar surface area (TPSA) is 69.6 Å². The van der Waals surface area contributed by atoms with E-state index in [1.165, 1.54) is 0 Å². The average molecular weight is 392 g/mol. The van der Waals surface area contributed by atoms with Gasteiger partial charge in [0.1, 0.15) is 0 Å². The normalized spacial score (nSPS) is 10.4. The Morgan fingerprint density at radius 2 is 1.41 bits per heavy atom. The van der Waals surface area contributed by atoms with Crippen molar-refractivity contribution in [3.63, 3.8) is 0 Å². The van der Waals surface area contributed by atoms with Gasteiger partial charge in [0.05, 0.1) is 30.2 Å². The number of aromatic nitrogens is 1. The second-order valence-electron chi connectivity index (χ2n) is 6.30. The van der Waals surface area contributed by atoms with Crippen LogP contribution < -0.4 is 5.43 Å². The summed E-state index contributed by atoms with van der Waals surface area (Å²) in [5.74, 6) is -0.439. The molecule has 3 rings (SSSR count). The number of amides is 1. The van der Waals surface area contributed by atoms with Gasteiger partial charge in [0, 0.05) is 11.1 Å². The van der Waals surface area contributed by atoms with Gasteiger partial charge in [0.25, 0.3) is 0 Å². The Bertz CT molecular complexity index is 995. The molecule has 0 unspecified atom stereocenters. The zero-order valence-corrected chi connectivity index (χ0v) is 16.8. The second-order valence-corrected chi connectivity index (χ2v) is 6.30. The van der Waals surface area contributed by atoms with Gasteiger partial charge in [0.2, 0.25) is 0 Å². The summed E-state index contributed by atoms with van der Waals surface area (Å²) in [7, 11) is 0. The predicted molar refractivity (Wildman–Crippen MR) is 112 cm³/mol. The molecule has 0 spiro atoms. The number of nitrogens with one attached hydrogen (secondary N) is 1. The molecule has 6 nitrogen and oxygen atoms in total. The number of esters is 1. The maximum Gasteiger partial charge on any atom is 0.426 e. The molecule has 0 aliphatic rings. The number of rotatable bonds is 6. The van der Waals surface area contributed by atoms with Crippen molar-refractivity contribution in [2.75, 3.05) is 18.6 Å². The van der Waals surface area contributed by atoms with E-state index >= 15 is 0 Å². The monoisotopic (exact) mass is 392 g/mol. The van der Waals surface area contributed by atoms with Gasteiger partial charge in [-0.2, -0.15) is 0 Å². The summed E-state index contributed by atoms with van der Waals surface area (Å²) in [5.41, 5.74) is 6.81. The van der Waals surface area contributed by atoms with Crippen LogP contribution in [-0.4, -0.2) is 30.0 Å². The van der Waals surface area contributed by atoms with Crippen LogP contribution in [0.3, 0.4) is 0 Å². The quantitative estimate of drug-likeness (QED) is 0.599. The van der Waals surface area contributed by atoms with E-state index in [0.717, 1.165) is 11.1 Å². The van der Waals surface area contributed by atoms with Crippen molar-refractivity contribution in [3.8, 4) is 22.4 Å². The maximum absolute atomic E-state index is 12.9. The smallest absolute Gasteiger partial charge is 0.426 e. The lowest BCUT2D eigenvalue weighted by Crippen LogP contribution is -2.25. The zero-order valence-electron chi connectivity index (χ0n) is 16.8. The van der Waals surface area contributed by atoms with Gasteiger partial charge in [-0.15, -0.1) is 0 Å². The molecule has 0 saturated heterocycles. The van der Waals surface area contributed by atoms with Gasteiger partial charge in [-0.25, -0.2) is 15.0 Å². The molecule has 0 fully saturated rings. The minimum absolute atomic E-state index is 0.239. The number of hydrogen-bond donors (Lipinski definition) is 1. The third kappa shape index (κ3) is 4.16. The lowest BCUT2D eigenvalue weighted by atomic mass is 9.97. The van der Waals surface area contributed by atoms with Crippen molar-refractivity contribution in [2.24, 2.45) is 0 Å². The summed E-state index contributed by atoms with van der Waals surface area (Å²) in [6.07, 6.45) is -0.599. The third-order valence-corrected chi connectivity index (χ3v) is 4.48. The molecule has 2 aromatic carbocycles. The van der Waals surface area contributed by atoms with Crippen molar-refractivity contribution in [3.05, 3.63) is 71.9 Å². The molecule has 0 aliphatic heterocycles. The van der Waals surface area contributed by atoms with Gasteiger partial charge in [-0.3, -0.25) is 4.68 Å². The van der Waals surface area contributed by atoms with Crippen molar-refractivity contribution >= 4 is 12.1 Å². The van der Waals surface area contributed by atoms with E-state index in [-0.39, 0.29) is 13.2 Å². The molecule has 0 aliphatic carbocycles. The second kappa shape index (κ2) is 9.10. The molecule has 0 atom stereocenters. The van der Waals surface area contributed by atoms with E-state index < -0.39 is 12.1 Å². The van der Waals surface area contributed by atoms with Crippen LogP contribution >= 0.6 is 0 Å². The van der Waals surface area contributed by atoms with Crippen molar-refractivity contribution in [1.29, 1.82) is 0 Å². The molecule has 29 heavy (non-hydrogen) atoms. The van der Waals surface area contributed by atoms with E-state index in [1.807, 2.05) is 60.7 Å². The van der Waals surface area contributed by atoms with Crippen LogP contribution in [0, 0.1) is 6.92 Å². The van der Waals surface area contributed by atoms with Crippen LogP contribution in [0.2, 0.25) is 0 Å². The van der Waals surface area contributed by atoms with E-state index in [1.54, 1.807) is 25.4 Å². The molecular weight excluding hydrogens is 368 g/mol. The summed E-state index contributed by atoms with van der Waals surface area (Å²) in [5, 5.41) is 0. The Labute approximate surface area is 170 Å². The molecular formula is C23H24N2O4. The third-order valence-electron chi connectivity index (χ3n) is 4.48. The lowest BCUT2D eigenvalue weighted by Gasteiger charge is -2.14. The Hall–Kier alpha value is -3.54. The van der Waals surface area contributed by atoms with Crippen LogP contribution in [0.25, 0.3) is 22.4 Å². The number of carbonyl (C=O) groups is 2. The van der Waals surface area contributed by atoms with Gasteiger partial charge < -0.3 is 9.47 Å². The number of nitrogens with zero attached hydrogens (tertiary/aromatic N) is 1. The Kier molecular flexibility index (Phi) is 6.34. The minimum Gasteiger partial charge on any atom is -0.462 e. The average Bonchev–Trinajstić information content (AvgIpc) is 3.02. The molecule has 150 valence electrons.